The largest absolute Gasteiger partial charge is 0.497 e. The van der Waals surface area contributed by atoms with Crippen molar-refractivity contribution in [1.82, 2.24) is 5.43 Å². The number of hydrazone groups is 1. The Morgan fingerprint density at radius 3 is 2.54 bits per heavy atom. The molecule has 0 spiro atoms. The SMILES string of the molecule is COc1ccc(NC(=S)N/N=C/c2cccc3ccccc23)cc1. The van der Waals surface area contributed by atoms with E-state index in [1.807, 2.05) is 48.5 Å². The fourth-order valence-corrected chi connectivity index (χ4v) is 2.53. The molecule has 0 aliphatic carbocycles. The van der Waals surface area contributed by atoms with E-state index in [2.05, 4.69) is 34.0 Å². The van der Waals surface area contributed by atoms with Crippen LogP contribution >= 0.6 is 12.2 Å². The first-order valence-electron chi connectivity index (χ1n) is 7.48. The van der Waals surface area contributed by atoms with Crippen LogP contribution in [0, 0.1) is 0 Å². The number of fused-ring (bicyclic) bond motifs is 1. The van der Waals surface area contributed by atoms with Gasteiger partial charge in [0.1, 0.15) is 5.75 Å². The summed E-state index contributed by atoms with van der Waals surface area (Å²) < 4.78 is 5.12. The Kier molecular flexibility index (Phi) is 5.03. The Labute approximate surface area is 146 Å². The normalized spacial score (nSPS) is 10.7. The van der Waals surface area contributed by atoms with Crippen molar-refractivity contribution in [3.63, 3.8) is 0 Å². The van der Waals surface area contributed by atoms with E-state index in [1.165, 1.54) is 5.39 Å². The molecule has 0 radical (unpaired) electrons. The van der Waals surface area contributed by atoms with Gasteiger partial charge >= 0.3 is 0 Å². The maximum Gasteiger partial charge on any atom is 0.191 e. The van der Waals surface area contributed by atoms with Crippen LogP contribution in [-0.2, 0) is 0 Å². The molecule has 0 aromatic heterocycles. The van der Waals surface area contributed by atoms with Crippen molar-refractivity contribution >= 4 is 40.0 Å². The number of anilines is 1. The number of rotatable bonds is 4. The number of methoxy groups -OCH3 is 1. The third-order valence-corrected chi connectivity index (χ3v) is 3.73. The molecular formula is C19H17N3OS. The smallest absolute Gasteiger partial charge is 0.191 e. The highest BCUT2D eigenvalue weighted by Crippen LogP contribution is 2.17. The van der Waals surface area contributed by atoms with E-state index >= 15 is 0 Å². The molecule has 0 fully saturated rings. The average molecular weight is 335 g/mol. The zero-order chi connectivity index (χ0) is 16.8. The van der Waals surface area contributed by atoms with Crippen molar-refractivity contribution in [2.75, 3.05) is 12.4 Å². The molecule has 3 aromatic carbocycles. The van der Waals surface area contributed by atoms with E-state index in [-0.39, 0.29) is 0 Å². The van der Waals surface area contributed by atoms with E-state index in [9.17, 15) is 0 Å². The number of benzene rings is 3. The lowest BCUT2D eigenvalue weighted by atomic mass is 10.1. The molecule has 0 aliphatic heterocycles. The molecule has 3 aromatic rings. The molecular weight excluding hydrogens is 318 g/mol. The van der Waals surface area contributed by atoms with Gasteiger partial charge < -0.3 is 10.1 Å². The number of ether oxygens (including phenoxy) is 1. The predicted octanol–water partition coefficient (Wildman–Crippen LogP) is 4.17. The number of hydrogen-bond acceptors (Lipinski definition) is 3. The molecule has 0 bridgehead atoms. The van der Waals surface area contributed by atoms with E-state index < -0.39 is 0 Å². The topological polar surface area (TPSA) is 45.6 Å². The Hall–Kier alpha value is -2.92. The molecule has 120 valence electrons. The molecule has 5 heteroatoms. The zero-order valence-corrected chi connectivity index (χ0v) is 14.0. The van der Waals surface area contributed by atoms with Gasteiger partial charge in [0, 0.05) is 11.3 Å². The summed E-state index contributed by atoms with van der Waals surface area (Å²) in [5.74, 6) is 0.799. The number of nitrogens with zero attached hydrogens (tertiary/aromatic N) is 1. The Bertz CT molecular complexity index is 870. The number of hydrogen-bond donors (Lipinski definition) is 2. The summed E-state index contributed by atoms with van der Waals surface area (Å²) in [5.41, 5.74) is 4.74. The first kappa shape index (κ1) is 16.0. The van der Waals surface area contributed by atoms with Gasteiger partial charge in [0.15, 0.2) is 5.11 Å². The second kappa shape index (κ2) is 7.57. The highest BCUT2D eigenvalue weighted by Gasteiger charge is 1.99. The summed E-state index contributed by atoms with van der Waals surface area (Å²) in [6.45, 7) is 0. The van der Waals surface area contributed by atoms with Gasteiger partial charge in [-0.1, -0.05) is 42.5 Å². The van der Waals surface area contributed by atoms with Crippen molar-refractivity contribution in [1.29, 1.82) is 0 Å². The molecule has 2 N–H and O–H groups in total. The van der Waals surface area contributed by atoms with E-state index in [0.717, 1.165) is 22.4 Å². The van der Waals surface area contributed by atoms with Crippen LogP contribution in [0.15, 0.2) is 71.8 Å². The molecule has 3 rings (SSSR count). The van der Waals surface area contributed by atoms with Crippen molar-refractivity contribution < 1.29 is 4.74 Å². The minimum absolute atomic E-state index is 0.427. The summed E-state index contributed by atoms with van der Waals surface area (Å²) in [5, 5.41) is 10.0. The van der Waals surface area contributed by atoms with Crippen molar-refractivity contribution in [2.24, 2.45) is 5.10 Å². The molecule has 0 amide bonds. The third kappa shape index (κ3) is 3.88. The highest BCUT2D eigenvalue weighted by molar-refractivity contribution is 7.80. The molecule has 0 saturated carbocycles. The van der Waals surface area contributed by atoms with Crippen LogP contribution in [0.3, 0.4) is 0 Å². The van der Waals surface area contributed by atoms with Crippen molar-refractivity contribution in [3.8, 4) is 5.75 Å². The second-order valence-electron chi connectivity index (χ2n) is 5.12. The van der Waals surface area contributed by atoms with Crippen LogP contribution in [-0.4, -0.2) is 18.4 Å². The summed E-state index contributed by atoms with van der Waals surface area (Å²) >= 11 is 5.24. The van der Waals surface area contributed by atoms with Crippen molar-refractivity contribution in [2.45, 2.75) is 0 Å². The van der Waals surface area contributed by atoms with Gasteiger partial charge in [0.25, 0.3) is 0 Å². The molecule has 0 unspecified atom stereocenters. The van der Waals surface area contributed by atoms with Gasteiger partial charge in [-0.05, 0) is 47.3 Å². The Balaban J connectivity index is 1.63. The lowest BCUT2D eigenvalue weighted by Crippen LogP contribution is -2.23. The highest BCUT2D eigenvalue weighted by atomic mass is 32.1. The van der Waals surface area contributed by atoms with E-state index in [0.29, 0.717) is 5.11 Å². The third-order valence-electron chi connectivity index (χ3n) is 3.54. The molecule has 0 atom stereocenters. The van der Waals surface area contributed by atoms with E-state index in [4.69, 9.17) is 17.0 Å². The standard InChI is InChI=1S/C19H17N3OS/c1-23-17-11-9-16(10-12-17)21-19(24)22-20-13-15-7-4-6-14-5-2-3-8-18(14)15/h2-13H,1H3,(H2,21,22,24)/b20-13+. The monoisotopic (exact) mass is 335 g/mol. The molecule has 0 heterocycles. The Morgan fingerprint density at radius 1 is 1.00 bits per heavy atom. The fraction of sp³-hybridized carbons (Fsp3) is 0.0526. The van der Waals surface area contributed by atoms with Crippen LogP contribution in [0.4, 0.5) is 5.69 Å². The lowest BCUT2D eigenvalue weighted by molar-refractivity contribution is 0.415. The predicted molar refractivity (Wildman–Crippen MR) is 104 cm³/mol. The van der Waals surface area contributed by atoms with E-state index in [1.54, 1.807) is 13.3 Å². The minimum atomic E-state index is 0.427. The summed E-state index contributed by atoms with van der Waals surface area (Å²) in [7, 11) is 1.64. The molecule has 4 nitrogen and oxygen atoms in total. The maximum absolute atomic E-state index is 5.24. The van der Waals surface area contributed by atoms with Crippen LogP contribution < -0.4 is 15.5 Å². The second-order valence-corrected chi connectivity index (χ2v) is 5.53. The average Bonchev–Trinajstić information content (AvgIpc) is 2.62. The van der Waals surface area contributed by atoms with Crippen LogP contribution in [0.2, 0.25) is 0 Å². The summed E-state index contributed by atoms with van der Waals surface area (Å²) in [6, 6.07) is 21.8. The molecule has 0 aliphatic rings. The summed E-state index contributed by atoms with van der Waals surface area (Å²) in [6.07, 6.45) is 1.77. The number of nitrogens with one attached hydrogen (secondary N) is 2. The van der Waals surface area contributed by atoms with Gasteiger partial charge in [-0.2, -0.15) is 5.10 Å². The van der Waals surface area contributed by atoms with Gasteiger partial charge in [-0.15, -0.1) is 0 Å². The zero-order valence-electron chi connectivity index (χ0n) is 13.2. The van der Waals surface area contributed by atoms with Gasteiger partial charge in [0.2, 0.25) is 0 Å². The van der Waals surface area contributed by atoms with Gasteiger partial charge in [-0.25, -0.2) is 0 Å². The van der Waals surface area contributed by atoms with Crippen LogP contribution in [0.1, 0.15) is 5.56 Å². The first-order valence-corrected chi connectivity index (χ1v) is 7.89. The lowest BCUT2D eigenvalue weighted by Gasteiger charge is -2.08. The maximum atomic E-state index is 5.24. The van der Waals surface area contributed by atoms with Gasteiger partial charge in [-0.3, -0.25) is 5.43 Å². The van der Waals surface area contributed by atoms with Crippen LogP contribution in [0.25, 0.3) is 10.8 Å². The van der Waals surface area contributed by atoms with Crippen molar-refractivity contribution in [3.05, 3.63) is 72.3 Å². The minimum Gasteiger partial charge on any atom is -0.497 e. The quantitative estimate of drug-likeness (QED) is 0.427. The first-order chi connectivity index (χ1) is 11.8. The Morgan fingerprint density at radius 2 is 1.75 bits per heavy atom. The number of thiocarbonyl (C=S) groups is 1. The van der Waals surface area contributed by atoms with Crippen LogP contribution in [0.5, 0.6) is 5.75 Å². The summed E-state index contributed by atoms with van der Waals surface area (Å²) in [4.78, 5) is 0. The fourth-order valence-electron chi connectivity index (χ4n) is 2.36. The molecule has 0 saturated heterocycles. The van der Waals surface area contributed by atoms with Gasteiger partial charge in [0.05, 0.1) is 13.3 Å². The molecule has 24 heavy (non-hydrogen) atoms.